The van der Waals surface area contributed by atoms with Gasteiger partial charge in [0.25, 0.3) is 0 Å². The lowest BCUT2D eigenvalue weighted by atomic mass is 10.2. The van der Waals surface area contributed by atoms with Crippen molar-refractivity contribution in [2.45, 2.75) is 0 Å². The summed E-state index contributed by atoms with van der Waals surface area (Å²) in [5.74, 6) is -1.35. The molecule has 0 atom stereocenters. The van der Waals surface area contributed by atoms with Crippen molar-refractivity contribution in [1.82, 2.24) is 9.55 Å². The molecule has 1 heterocycles. The van der Waals surface area contributed by atoms with Crippen molar-refractivity contribution in [2.75, 3.05) is 0 Å². The number of benzene rings is 2. The Balaban J connectivity index is 2.43. The lowest BCUT2D eigenvalue weighted by molar-refractivity contribution is 0.570. The van der Waals surface area contributed by atoms with E-state index in [1.54, 1.807) is 18.2 Å². The van der Waals surface area contributed by atoms with Crippen LogP contribution in [-0.4, -0.2) is 9.55 Å². The molecular weight excluding hydrogens is 290 g/mol. The molecule has 3 aromatic rings. The van der Waals surface area contributed by atoms with Crippen LogP contribution in [0.15, 0.2) is 36.4 Å². The molecule has 0 aliphatic carbocycles. The van der Waals surface area contributed by atoms with Crippen LogP contribution in [0.25, 0.3) is 16.7 Å². The molecule has 0 unspecified atom stereocenters. The van der Waals surface area contributed by atoms with E-state index in [0.717, 1.165) is 0 Å². The second kappa shape index (κ2) is 4.43. The summed E-state index contributed by atoms with van der Waals surface area (Å²) in [6.45, 7) is 0. The fourth-order valence-electron chi connectivity index (χ4n) is 2.01. The molecule has 19 heavy (non-hydrogen) atoms. The Labute approximate surface area is 117 Å². The van der Waals surface area contributed by atoms with Crippen molar-refractivity contribution in [1.29, 1.82) is 0 Å². The first kappa shape index (κ1) is 12.3. The Kier molecular flexibility index (Phi) is 2.88. The Bertz CT molecular complexity index is 818. The number of hydrogen-bond donors (Lipinski definition) is 1. The maximum Gasteiger partial charge on any atom is 0.182 e. The Hall–Kier alpha value is -1.72. The summed E-state index contributed by atoms with van der Waals surface area (Å²) < 4.78 is 29.2. The second-order valence-corrected chi connectivity index (χ2v) is 4.82. The highest BCUT2D eigenvalue weighted by molar-refractivity contribution is 7.71. The minimum Gasteiger partial charge on any atom is -0.330 e. The van der Waals surface area contributed by atoms with E-state index >= 15 is 0 Å². The molecule has 1 N–H and O–H groups in total. The summed E-state index contributed by atoms with van der Waals surface area (Å²) in [6.07, 6.45) is 0. The van der Waals surface area contributed by atoms with Gasteiger partial charge in [-0.2, -0.15) is 0 Å². The van der Waals surface area contributed by atoms with E-state index in [2.05, 4.69) is 4.98 Å². The van der Waals surface area contributed by atoms with Gasteiger partial charge in [-0.15, -0.1) is 0 Å². The predicted octanol–water partition coefficient (Wildman–Crippen LogP) is 4.62. The van der Waals surface area contributed by atoms with Crippen LogP contribution in [0.2, 0.25) is 5.02 Å². The number of fused-ring (bicyclic) bond motifs is 1. The topological polar surface area (TPSA) is 20.7 Å². The maximum absolute atomic E-state index is 13.9. The zero-order valence-electron chi connectivity index (χ0n) is 9.45. The largest absolute Gasteiger partial charge is 0.330 e. The van der Waals surface area contributed by atoms with Crippen molar-refractivity contribution in [3.05, 3.63) is 57.8 Å². The van der Waals surface area contributed by atoms with Crippen molar-refractivity contribution in [3.63, 3.8) is 0 Å². The van der Waals surface area contributed by atoms with Gasteiger partial charge in [-0.1, -0.05) is 17.7 Å². The Morgan fingerprint density at radius 1 is 1.11 bits per heavy atom. The summed E-state index contributed by atoms with van der Waals surface area (Å²) in [5.41, 5.74) is 1.000. The van der Waals surface area contributed by atoms with Gasteiger partial charge in [0, 0.05) is 5.02 Å². The van der Waals surface area contributed by atoms with E-state index in [0.29, 0.717) is 16.1 Å². The van der Waals surface area contributed by atoms with E-state index < -0.39 is 11.6 Å². The Morgan fingerprint density at radius 2 is 1.79 bits per heavy atom. The van der Waals surface area contributed by atoms with Crippen molar-refractivity contribution in [3.8, 4) is 5.69 Å². The average Bonchev–Trinajstić information content (AvgIpc) is 2.65. The summed E-state index contributed by atoms with van der Waals surface area (Å²) in [7, 11) is 0. The lowest BCUT2D eigenvalue weighted by Gasteiger charge is -2.07. The minimum atomic E-state index is -0.674. The maximum atomic E-state index is 13.9. The number of halogens is 3. The van der Waals surface area contributed by atoms with Crippen LogP contribution in [0.5, 0.6) is 0 Å². The molecule has 2 nitrogen and oxygen atoms in total. The number of hydrogen-bond acceptors (Lipinski definition) is 1. The van der Waals surface area contributed by atoms with E-state index in [-0.39, 0.29) is 10.5 Å². The number of para-hydroxylation sites is 1. The van der Waals surface area contributed by atoms with Crippen LogP contribution < -0.4 is 0 Å². The smallest absolute Gasteiger partial charge is 0.182 e. The van der Waals surface area contributed by atoms with Crippen molar-refractivity contribution < 1.29 is 8.78 Å². The number of rotatable bonds is 1. The predicted molar refractivity (Wildman–Crippen MR) is 73.4 cm³/mol. The second-order valence-electron chi connectivity index (χ2n) is 4.00. The first-order valence-electron chi connectivity index (χ1n) is 5.42. The molecule has 0 bridgehead atoms. The first-order chi connectivity index (χ1) is 9.08. The molecule has 0 aliphatic rings. The number of nitrogens with one attached hydrogen (secondary N) is 1. The molecule has 0 saturated carbocycles. The van der Waals surface area contributed by atoms with Crippen LogP contribution in [0.1, 0.15) is 0 Å². The van der Waals surface area contributed by atoms with Crippen LogP contribution in [0.4, 0.5) is 8.78 Å². The molecule has 0 amide bonds. The number of aromatic nitrogens is 2. The summed E-state index contributed by atoms with van der Waals surface area (Å²) in [4.78, 5) is 2.88. The molecule has 0 radical (unpaired) electrons. The van der Waals surface area contributed by atoms with Gasteiger partial charge >= 0.3 is 0 Å². The number of imidazole rings is 1. The minimum absolute atomic E-state index is 0.193. The molecule has 1 aromatic heterocycles. The fourth-order valence-corrected chi connectivity index (χ4v) is 2.48. The summed E-state index contributed by atoms with van der Waals surface area (Å²) in [5, 5.41) is 0.518. The van der Waals surface area contributed by atoms with Gasteiger partial charge in [-0.05, 0) is 42.5 Å². The summed E-state index contributed by atoms with van der Waals surface area (Å²) in [6, 6.07) is 8.65. The van der Waals surface area contributed by atoms with Crippen molar-refractivity contribution in [2.24, 2.45) is 0 Å². The van der Waals surface area contributed by atoms with Gasteiger partial charge in [0.15, 0.2) is 4.77 Å². The quantitative estimate of drug-likeness (QED) is 0.650. The number of nitrogens with zero attached hydrogens (tertiary/aromatic N) is 1. The third kappa shape index (κ3) is 1.95. The molecule has 96 valence electrons. The fraction of sp³-hybridized carbons (Fsp3) is 0. The first-order valence-corrected chi connectivity index (χ1v) is 6.21. The zero-order valence-corrected chi connectivity index (χ0v) is 11.0. The highest BCUT2D eigenvalue weighted by Crippen LogP contribution is 2.25. The third-order valence-corrected chi connectivity index (χ3v) is 3.33. The van der Waals surface area contributed by atoms with Gasteiger partial charge in [0.1, 0.15) is 17.3 Å². The van der Waals surface area contributed by atoms with Gasteiger partial charge in [0.2, 0.25) is 0 Å². The third-order valence-electron chi connectivity index (χ3n) is 2.81. The molecule has 6 heteroatoms. The normalized spacial score (nSPS) is 11.1. The zero-order chi connectivity index (χ0) is 13.6. The highest BCUT2D eigenvalue weighted by Gasteiger charge is 2.15. The van der Waals surface area contributed by atoms with E-state index in [1.165, 1.54) is 22.8 Å². The van der Waals surface area contributed by atoms with Gasteiger partial charge in [-0.25, -0.2) is 8.78 Å². The monoisotopic (exact) mass is 296 g/mol. The highest BCUT2D eigenvalue weighted by atomic mass is 35.5. The molecule has 0 fully saturated rings. The average molecular weight is 297 g/mol. The van der Waals surface area contributed by atoms with E-state index in [1.807, 2.05) is 0 Å². The Morgan fingerprint density at radius 3 is 2.47 bits per heavy atom. The van der Waals surface area contributed by atoms with Gasteiger partial charge in [0.05, 0.1) is 11.0 Å². The van der Waals surface area contributed by atoms with Crippen molar-refractivity contribution >= 4 is 34.9 Å². The SMILES string of the molecule is Fc1cccc(F)c1-n1c(=S)[nH]c2cc(Cl)ccc21. The molecule has 2 aromatic carbocycles. The molecule has 0 aliphatic heterocycles. The van der Waals surface area contributed by atoms with E-state index in [4.69, 9.17) is 23.8 Å². The van der Waals surface area contributed by atoms with Crippen LogP contribution in [0, 0.1) is 16.4 Å². The lowest BCUT2D eigenvalue weighted by Crippen LogP contribution is -2.01. The summed E-state index contributed by atoms with van der Waals surface area (Å²) >= 11 is 11.0. The van der Waals surface area contributed by atoms with Crippen LogP contribution in [-0.2, 0) is 0 Å². The van der Waals surface area contributed by atoms with Gasteiger partial charge in [-0.3, -0.25) is 4.57 Å². The molecule has 0 spiro atoms. The molecule has 0 saturated heterocycles. The van der Waals surface area contributed by atoms with Crippen LogP contribution in [0.3, 0.4) is 0 Å². The molecule has 3 rings (SSSR count). The number of H-pyrrole nitrogens is 1. The van der Waals surface area contributed by atoms with E-state index in [9.17, 15) is 8.78 Å². The van der Waals surface area contributed by atoms with Crippen LogP contribution >= 0.6 is 23.8 Å². The van der Waals surface area contributed by atoms with Gasteiger partial charge < -0.3 is 4.98 Å². The number of aromatic amines is 1. The standard InChI is InChI=1S/C13H7ClF2N2S/c14-7-4-5-11-10(6-7)17-13(19)18(11)12-8(15)2-1-3-9(12)16/h1-6H,(H,17,19). The molecular formula is C13H7ClF2N2S.